The van der Waals surface area contributed by atoms with Crippen LogP contribution < -0.4 is 4.90 Å². The van der Waals surface area contributed by atoms with Gasteiger partial charge in [-0.15, -0.1) is 0 Å². The van der Waals surface area contributed by atoms with Gasteiger partial charge in [0.05, 0.1) is 5.56 Å². The Morgan fingerprint density at radius 2 is 2.31 bits per heavy atom. The van der Waals surface area contributed by atoms with Gasteiger partial charge >= 0.3 is 0 Å². The smallest absolute Gasteiger partial charge is 0.228 e. The molecule has 82 valence electrons. The van der Waals surface area contributed by atoms with Crippen molar-refractivity contribution in [3.63, 3.8) is 0 Å². The van der Waals surface area contributed by atoms with Gasteiger partial charge in [-0.25, -0.2) is 0 Å². The van der Waals surface area contributed by atoms with Crippen molar-refractivity contribution in [1.82, 2.24) is 0 Å². The Bertz CT molecular complexity index is 483. The van der Waals surface area contributed by atoms with E-state index in [1.54, 1.807) is 23.1 Å². The summed E-state index contributed by atoms with van der Waals surface area (Å²) in [7, 11) is 0. The van der Waals surface area contributed by atoms with Crippen molar-refractivity contribution in [2.75, 3.05) is 11.4 Å². The SMILES string of the molecule is N#Cc1ccc(N2CC(S)CC2=O)cc1Br. The summed E-state index contributed by atoms with van der Waals surface area (Å²) < 4.78 is 0.711. The summed E-state index contributed by atoms with van der Waals surface area (Å²) in [5.41, 5.74) is 1.38. The van der Waals surface area contributed by atoms with E-state index in [-0.39, 0.29) is 11.2 Å². The molecule has 0 aromatic heterocycles. The Hall–Kier alpha value is -0.990. The number of carbonyl (C=O) groups is 1. The molecule has 1 aromatic rings. The highest BCUT2D eigenvalue weighted by Crippen LogP contribution is 2.28. The first-order valence-corrected chi connectivity index (χ1v) is 6.11. The van der Waals surface area contributed by atoms with Crippen molar-refractivity contribution in [3.8, 4) is 6.07 Å². The van der Waals surface area contributed by atoms with Crippen molar-refractivity contribution in [2.24, 2.45) is 0 Å². The van der Waals surface area contributed by atoms with E-state index in [4.69, 9.17) is 5.26 Å². The van der Waals surface area contributed by atoms with Crippen LogP contribution in [-0.4, -0.2) is 17.7 Å². The molecule has 1 saturated heterocycles. The molecule has 5 heteroatoms. The van der Waals surface area contributed by atoms with Crippen LogP contribution >= 0.6 is 28.6 Å². The lowest BCUT2D eigenvalue weighted by molar-refractivity contribution is -0.117. The molecule has 2 rings (SSSR count). The Kier molecular flexibility index (Phi) is 3.22. The van der Waals surface area contributed by atoms with Crippen LogP contribution in [0.15, 0.2) is 22.7 Å². The number of hydrogen-bond donors (Lipinski definition) is 1. The fourth-order valence-corrected chi connectivity index (χ4v) is 2.48. The maximum Gasteiger partial charge on any atom is 0.228 e. The molecule has 0 bridgehead atoms. The number of carbonyl (C=O) groups excluding carboxylic acids is 1. The monoisotopic (exact) mass is 296 g/mol. The van der Waals surface area contributed by atoms with Gasteiger partial charge in [0.2, 0.25) is 5.91 Å². The Labute approximate surface area is 108 Å². The summed E-state index contributed by atoms with van der Waals surface area (Å²) >= 11 is 7.61. The summed E-state index contributed by atoms with van der Waals surface area (Å²) in [4.78, 5) is 13.3. The number of thiol groups is 1. The lowest BCUT2D eigenvalue weighted by Crippen LogP contribution is -2.24. The molecule has 1 fully saturated rings. The molecule has 16 heavy (non-hydrogen) atoms. The van der Waals surface area contributed by atoms with Crippen molar-refractivity contribution < 1.29 is 4.79 Å². The third-order valence-corrected chi connectivity index (χ3v) is 3.49. The highest BCUT2D eigenvalue weighted by Gasteiger charge is 2.28. The van der Waals surface area contributed by atoms with E-state index in [0.717, 1.165) is 5.69 Å². The third kappa shape index (κ3) is 2.08. The van der Waals surface area contributed by atoms with Gasteiger partial charge in [0.1, 0.15) is 6.07 Å². The Morgan fingerprint density at radius 3 is 2.81 bits per heavy atom. The second-order valence-corrected chi connectivity index (χ2v) is 5.22. The lowest BCUT2D eigenvalue weighted by atomic mass is 10.2. The van der Waals surface area contributed by atoms with Crippen LogP contribution in [0.3, 0.4) is 0 Å². The lowest BCUT2D eigenvalue weighted by Gasteiger charge is -2.16. The van der Waals surface area contributed by atoms with Gasteiger partial charge < -0.3 is 4.90 Å². The molecule has 1 unspecified atom stereocenters. The number of anilines is 1. The van der Waals surface area contributed by atoms with Crippen LogP contribution in [-0.2, 0) is 4.79 Å². The molecular formula is C11H9BrN2OS. The average molecular weight is 297 g/mol. The van der Waals surface area contributed by atoms with E-state index < -0.39 is 0 Å². The zero-order valence-corrected chi connectivity index (χ0v) is 10.8. The molecular weight excluding hydrogens is 288 g/mol. The standard InChI is InChI=1S/C11H9BrN2OS/c12-10-3-8(2-1-7(10)5-13)14-6-9(16)4-11(14)15/h1-3,9,16H,4,6H2. The first-order valence-electron chi connectivity index (χ1n) is 4.80. The molecule has 1 aromatic carbocycles. The predicted octanol–water partition coefficient (Wildman–Crippen LogP) is 2.36. The first-order chi connectivity index (χ1) is 7.61. The third-order valence-electron chi connectivity index (χ3n) is 2.49. The molecule has 1 atom stereocenters. The second kappa shape index (κ2) is 4.48. The van der Waals surface area contributed by atoms with E-state index >= 15 is 0 Å². The summed E-state index contributed by atoms with van der Waals surface area (Å²) in [5.74, 6) is 0.0802. The number of rotatable bonds is 1. The van der Waals surface area contributed by atoms with Gasteiger partial charge in [0, 0.05) is 28.4 Å². The predicted molar refractivity (Wildman–Crippen MR) is 68.6 cm³/mol. The Morgan fingerprint density at radius 1 is 1.56 bits per heavy atom. The molecule has 0 saturated carbocycles. The number of hydrogen-bond acceptors (Lipinski definition) is 3. The number of amides is 1. The number of nitrogens with zero attached hydrogens (tertiary/aromatic N) is 2. The maximum absolute atomic E-state index is 11.6. The summed E-state index contributed by atoms with van der Waals surface area (Å²) in [6.45, 7) is 0.625. The van der Waals surface area contributed by atoms with E-state index in [2.05, 4.69) is 34.6 Å². The maximum atomic E-state index is 11.6. The van der Waals surface area contributed by atoms with E-state index in [1.165, 1.54) is 0 Å². The molecule has 0 spiro atoms. The number of nitriles is 1. The largest absolute Gasteiger partial charge is 0.311 e. The number of halogens is 1. The van der Waals surface area contributed by atoms with Crippen molar-refractivity contribution in [1.29, 1.82) is 5.26 Å². The van der Waals surface area contributed by atoms with Crippen LogP contribution in [0.2, 0.25) is 0 Å². The quantitative estimate of drug-likeness (QED) is 0.809. The van der Waals surface area contributed by atoms with Crippen LogP contribution in [0.4, 0.5) is 5.69 Å². The fraction of sp³-hybridized carbons (Fsp3) is 0.273. The van der Waals surface area contributed by atoms with E-state index in [1.807, 2.05) is 0 Å². The molecule has 0 N–H and O–H groups in total. The van der Waals surface area contributed by atoms with Gasteiger partial charge in [-0.05, 0) is 34.1 Å². The van der Waals surface area contributed by atoms with Crippen LogP contribution in [0.5, 0.6) is 0 Å². The topological polar surface area (TPSA) is 44.1 Å². The van der Waals surface area contributed by atoms with Crippen LogP contribution in [0, 0.1) is 11.3 Å². The van der Waals surface area contributed by atoms with Crippen LogP contribution in [0.25, 0.3) is 0 Å². The van der Waals surface area contributed by atoms with E-state index in [9.17, 15) is 4.79 Å². The van der Waals surface area contributed by atoms with Gasteiger partial charge in [-0.2, -0.15) is 17.9 Å². The van der Waals surface area contributed by atoms with Crippen molar-refractivity contribution in [2.45, 2.75) is 11.7 Å². The van der Waals surface area contributed by atoms with Gasteiger partial charge in [-0.1, -0.05) is 0 Å². The van der Waals surface area contributed by atoms with Gasteiger partial charge in [-0.3, -0.25) is 4.79 Å². The van der Waals surface area contributed by atoms with Crippen molar-refractivity contribution in [3.05, 3.63) is 28.2 Å². The Balaban J connectivity index is 2.32. The van der Waals surface area contributed by atoms with E-state index in [0.29, 0.717) is 23.0 Å². The molecule has 1 amide bonds. The minimum absolute atomic E-state index is 0.0802. The summed E-state index contributed by atoms with van der Waals surface area (Å²) in [6, 6.07) is 7.35. The first kappa shape index (κ1) is 11.5. The molecule has 1 aliphatic heterocycles. The zero-order chi connectivity index (χ0) is 11.7. The molecule has 0 radical (unpaired) electrons. The highest BCUT2D eigenvalue weighted by molar-refractivity contribution is 9.10. The molecule has 3 nitrogen and oxygen atoms in total. The summed E-state index contributed by atoms with van der Waals surface area (Å²) in [5, 5.41) is 8.89. The second-order valence-electron chi connectivity index (χ2n) is 3.64. The minimum atomic E-state index is 0.0802. The van der Waals surface area contributed by atoms with Crippen molar-refractivity contribution >= 4 is 40.2 Å². The average Bonchev–Trinajstić information content (AvgIpc) is 2.58. The highest BCUT2D eigenvalue weighted by atomic mass is 79.9. The molecule has 1 heterocycles. The number of benzene rings is 1. The van der Waals surface area contributed by atoms with Gasteiger partial charge in [0.15, 0.2) is 0 Å². The van der Waals surface area contributed by atoms with Crippen LogP contribution in [0.1, 0.15) is 12.0 Å². The molecule has 1 aliphatic rings. The fourth-order valence-electron chi connectivity index (χ4n) is 1.70. The minimum Gasteiger partial charge on any atom is -0.311 e. The van der Waals surface area contributed by atoms with Gasteiger partial charge in [0.25, 0.3) is 0 Å². The summed E-state index contributed by atoms with van der Waals surface area (Å²) in [6.07, 6.45) is 0.473. The molecule has 0 aliphatic carbocycles. The zero-order valence-electron chi connectivity index (χ0n) is 8.35. The normalized spacial score (nSPS) is 19.9.